The molecule has 64 valence electrons. The predicted molar refractivity (Wildman–Crippen MR) is 51.0 cm³/mol. The van der Waals surface area contributed by atoms with Gasteiger partial charge in [0.2, 0.25) is 0 Å². The molecule has 1 aromatic heterocycles. The Morgan fingerprint density at radius 2 is 2.42 bits per heavy atom. The van der Waals surface area contributed by atoms with Crippen LogP contribution in [0.5, 0.6) is 0 Å². The van der Waals surface area contributed by atoms with Gasteiger partial charge >= 0.3 is 0 Å². The van der Waals surface area contributed by atoms with E-state index in [2.05, 4.69) is 22.9 Å². The molecule has 2 heteroatoms. The number of hydrogen-bond acceptors (Lipinski definition) is 2. The Labute approximate surface area is 73.3 Å². The predicted octanol–water partition coefficient (Wildman–Crippen LogP) is 1.84. The fourth-order valence-corrected chi connectivity index (χ4v) is 1.23. The van der Waals surface area contributed by atoms with Crippen molar-refractivity contribution in [2.45, 2.75) is 13.0 Å². The molecule has 1 aromatic rings. The number of aromatic nitrogens is 1. The molecule has 0 spiro atoms. The average molecular weight is 162 g/mol. The molecule has 0 aliphatic rings. The molecule has 0 bridgehead atoms. The van der Waals surface area contributed by atoms with Crippen LogP contribution in [0, 0.1) is 6.92 Å². The molecule has 0 aliphatic heterocycles. The van der Waals surface area contributed by atoms with Crippen LogP contribution in [0.1, 0.15) is 17.3 Å². The zero-order chi connectivity index (χ0) is 8.97. The summed E-state index contributed by atoms with van der Waals surface area (Å²) in [5, 5.41) is 3.15. The number of likely N-dealkylation sites (N-methyl/N-ethyl adjacent to an activating group) is 1. The van der Waals surface area contributed by atoms with E-state index in [1.54, 1.807) is 6.20 Å². The Bertz CT molecular complexity index is 268. The van der Waals surface area contributed by atoms with Gasteiger partial charge in [0.05, 0.1) is 6.04 Å². The maximum atomic E-state index is 4.21. The highest BCUT2D eigenvalue weighted by Gasteiger charge is 2.06. The molecule has 2 nitrogen and oxygen atoms in total. The molecular formula is C10H14N2. The lowest BCUT2D eigenvalue weighted by atomic mass is 10.1. The molecule has 0 saturated heterocycles. The van der Waals surface area contributed by atoms with Crippen LogP contribution in [0.25, 0.3) is 0 Å². The standard InChI is InChI=1S/C10H14N2/c1-4-10(11-3)9-6-5-7-12-8(9)2/h4-7,10-11H,1H2,2-3H3. The van der Waals surface area contributed by atoms with E-state index in [-0.39, 0.29) is 6.04 Å². The summed E-state index contributed by atoms with van der Waals surface area (Å²) in [5.74, 6) is 0. The normalized spacial score (nSPS) is 12.5. The van der Waals surface area contributed by atoms with E-state index in [0.717, 1.165) is 5.69 Å². The second kappa shape index (κ2) is 4.02. The molecule has 0 aliphatic carbocycles. The van der Waals surface area contributed by atoms with E-state index in [9.17, 15) is 0 Å². The van der Waals surface area contributed by atoms with Gasteiger partial charge in [-0.3, -0.25) is 4.98 Å². The zero-order valence-electron chi connectivity index (χ0n) is 7.54. The number of rotatable bonds is 3. The summed E-state index contributed by atoms with van der Waals surface area (Å²) < 4.78 is 0. The fourth-order valence-electron chi connectivity index (χ4n) is 1.23. The first-order chi connectivity index (χ1) is 5.79. The molecule has 12 heavy (non-hydrogen) atoms. The lowest BCUT2D eigenvalue weighted by Gasteiger charge is -2.12. The molecule has 1 unspecified atom stereocenters. The van der Waals surface area contributed by atoms with Gasteiger partial charge in [-0.2, -0.15) is 0 Å². The molecule has 1 N–H and O–H groups in total. The highest BCUT2D eigenvalue weighted by Crippen LogP contribution is 2.15. The van der Waals surface area contributed by atoms with Crippen molar-refractivity contribution in [3.05, 3.63) is 42.2 Å². The van der Waals surface area contributed by atoms with Crippen LogP contribution < -0.4 is 5.32 Å². The van der Waals surface area contributed by atoms with Crippen molar-refractivity contribution in [3.63, 3.8) is 0 Å². The maximum Gasteiger partial charge on any atom is 0.0519 e. The van der Waals surface area contributed by atoms with Crippen molar-refractivity contribution >= 4 is 0 Å². The van der Waals surface area contributed by atoms with Gasteiger partial charge in [-0.25, -0.2) is 0 Å². The second-order valence-electron chi connectivity index (χ2n) is 2.68. The van der Waals surface area contributed by atoms with E-state index in [1.165, 1.54) is 5.56 Å². The topological polar surface area (TPSA) is 24.9 Å². The molecule has 0 amide bonds. The summed E-state index contributed by atoms with van der Waals surface area (Å²) in [6.45, 7) is 5.76. The maximum absolute atomic E-state index is 4.21. The van der Waals surface area contributed by atoms with Gasteiger partial charge in [-0.15, -0.1) is 6.58 Å². The van der Waals surface area contributed by atoms with Crippen LogP contribution in [0.2, 0.25) is 0 Å². The first-order valence-electron chi connectivity index (χ1n) is 4.01. The summed E-state index contributed by atoms with van der Waals surface area (Å²) >= 11 is 0. The van der Waals surface area contributed by atoms with Gasteiger partial charge in [-0.1, -0.05) is 12.1 Å². The van der Waals surface area contributed by atoms with Gasteiger partial charge in [0, 0.05) is 11.9 Å². The first kappa shape index (κ1) is 8.94. The minimum absolute atomic E-state index is 0.207. The van der Waals surface area contributed by atoms with Gasteiger partial charge in [0.25, 0.3) is 0 Å². The van der Waals surface area contributed by atoms with E-state index in [0.29, 0.717) is 0 Å². The van der Waals surface area contributed by atoms with Gasteiger partial charge in [0.1, 0.15) is 0 Å². The summed E-state index contributed by atoms with van der Waals surface area (Å²) in [6.07, 6.45) is 3.68. The Hall–Kier alpha value is -1.15. The highest BCUT2D eigenvalue weighted by molar-refractivity contribution is 5.25. The highest BCUT2D eigenvalue weighted by atomic mass is 14.9. The Kier molecular flexibility index (Phi) is 3.00. The smallest absolute Gasteiger partial charge is 0.0519 e. The molecule has 1 heterocycles. The van der Waals surface area contributed by atoms with E-state index in [4.69, 9.17) is 0 Å². The fraction of sp³-hybridized carbons (Fsp3) is 0.300. The Morgan fingerprint density at radius 3 is 2.92 bits per heavy atom. The zero-order valence-corrected chi connectivity index (χ0v) is 7.54. The third kappa shape index (κ3) is 1.71. The third-order valence-corrected chi connectivity index (χ3v) is 1.93. The lowest BCUT2D eigenvalue weighted by Crippen LogP contribution is -2.14. The number of nitrogens with one attached hydrogen (secondary N) is 1. The van der Waals surface area contributed by atoms with Crippen molar-refractivity contribution in [1.82, 2.24) is 10.3 Å². The van der Waals surface area contributed by atoms with Crippen LogP contribution in [0.4, 0.5) is 0 Å². The summed E-state index contributed by atoms with van der Waals surface area (Å²) in [4.78, 5) is 4.21. The van der Waals surface area contributed by atoms with Crippen LogP contribution in [-0.2, 0) is 0 Å². The van der Waals surface area contributed by atoms with Crippen LogP contribution >= 0.6 is 0 Å². The van der Waals surface area contributed by atoms with E-state index >= 15 is 0 Å². The third-order valence-electron chi connectivity index (χ3n) is 1.93. The van der Waals surface area contributed by atoms with E-state index in [1.807, 2.05) is 26.1 Å². The number of hydrogen-bond donors (Lipinski definition) is 1. The minimum atomic E-state index is 0.207. The first-order valence-corrected chi connectivity index (χ1v) is 4.01. The van der Waals surface area contributed by atoms with Gasteiger partial charge in [0.15, 0.2) is 0 Å². The molecule has 0 saturated carbocycles. The number of nitrogens with zero attached hydrogens (tertiary/aromatic N) is 1. The van der Waals surface area contributed by atoms with Crippen molar-refractivity contribution < 1.29 is 0 Å². The van der Waals surface area contributed by atoms with Crippen molar-refractivity contribution in [2.75, 3.05) is 7.05 Å². The van der Waals surface area contributed by atoms with Gasteiger partial charge in [-0.05, 0) is 25.6 Å². The largest absolute Gasteiger partial charge is 0.310 e. The minimum Gasteiger partial charge on any atom is -0.310 e. The summed E-state index contributed by atoms with van der Waals surface area (Å²) in [5.41, 5.74) is 2.24. The average Bonchev–Trinajstić information content (AvgIpc) is 2.10. The van der Waals surface area contributed by atoms with Crippen LogP contribution in [0.3, 0.4) is 0 Å². The van der Waals surface area contributed by atoms with Crippen LogP contribution in [0.15, 0.2) is 31.0 Å². The molecular weight excluding hydrogens is 148 g/mol. The molecule has 0 radical (unpaired) electrons. The number of aryl methyl sites for hydroxylation is 1. The molecule has 1 atom stereocenters. The van der Waals surface area contributed by atoms with Crippen molar-refractivity contribution in [2.24, 2.45) is 0 Å². The van der Waals surface area contributed by atoms with Crippen LogP contribution in [-0.4, -0.2) is 12.0 Å². The molecule has 0 aromatic carbocycles. The van der Waals surface area contributed by atoms with Crippen molar-refractivity contribution in [1.29, 1.82) is 0 Å². The SMILES string of the molecule is C=CC(NC)c1cccnc1C. The quantitative estimate of drug-likeness (QED) is 0.686. The Morgan fingerprint density at radius 1 is 1.67 bits per heavy atom. The Balaban J connectivity index is 3.00. The molecule has 0 fully saturated rings. The number of pyridine rings is 1. The second-order valence-corrected chi connectivity index (χ2v) is 2.68. The lowest BCUT2D eigenvalue weighted by molar-refractivity contribution is 0.706. The van der Waals surface area contributed by atoms with E-state index < -0.39 is 0 Å². The summed E-state index contributed by atoms with van der Waals surface area (Å²) in [7, 11) is 1.92. The van der Waals surface area contributed by atoms with Gasteiger partial charge < -0.3 is 5.32 Å². The summed E-state index contributed by atoms with van der Waals surface area (Å²) in [6, 6.07) is 4.21. The molecule has 1 rings (SSSR count). The van der Waals surface area contributed by atoms with Crippen molar-refractivity contribution in [3.8, 4) is 0 Å². The monoisotopic (exact) mass is 162 g/mol.